The second-order valence-corrected chi connectivity index (χ2v) is 5.70. The van der Waals surface area contributed by atoms with Gasteiger partial charge in [0.1, 0.15) is 5.65 Å². The first-order valence-corrected chi connectivity index (χ1v) is 7.30. The zero-order valence-corrected chi connectivity index (χ0v) is 12.4. The summed E-state index contributed by atoms with van der Waals surface area (Å²) in [6.45, 7) is 0. The van der Waals surface area contributed by atoms with Crippen molar-refractivity contribution in [3.8, 4) is 11.3 Å². The van der Waals surface area contributed by atoms with Crippen LogP contribution < -0.4 is 0 Å². The summed E-state index contributed by atoms with van der Waals surface area (Å²) < 4.78 is 2.03. The Kier molecular flexibility index (Phi) is 2.88. The maximum absolute atomic E-state index is 6.09. The van der Waals surface area contributed by atoms with Crippen LogP contribution in [-0.2, 0) is 0 Å². The summed E-state index contributed by atoms with van der Waals surface area (Å²) in [4.78, 5) is 4.74. The standard InChI is InChI=1S/C17H10Cl2N2/c18-14-6-5-12(9-15(14)19)16-10-21-8-7-11-3-1-2-4-13(11)17(21)20-16/h1-10H. The molecule has 0 aliphatic rings. The Labute approximate surface area is 131 Å². The van der Waals surface area contributed by atoms with Crippen LogP contribution in [0.1, 0.15) is 0 Å². The van der Waals surface area contributed by atoms with Gasteiger partial charge in [0.05, 0.1) is 15.7 Å². The third-order valence-electron chi connectivity index (χ3n) is 3.56. The van der Waals surface area contributed by atoms with E-state index in [0.29, 0.717) is 10.0 Å². The molecule has 0 fully saturated rings. The van der Waals surface area contributed by atoms with Crippen LogP contribution in [0, 0.1) is 0 Å². The van der Waals surface area contributed by atoms with Gasteiger partial charge in [-0.3, -0.25) is 0 Å². The summed E-state index contributed by atoms with van der Waals surface area (Å²) in [5, 5.41) is 3.40. The van der Waals surface area contributed by atoms with Crippen molar-refractivity contribution in [2.45, 2.75) is 0 Å². The van der Waals surface area contributed by atoms with Gasteiger partial charge >= 0.3 is 0 Å². The molecule has 2 aromatic carbocycles. The highest BCUT2D eigenvalue weighted by Crippen LogP contribution is 2.29. The predicted molar refractivity (Wildman–Crippen MR) is 88.2 cm³/mol. The fraction of sp³-hybridized carbons (Fsp3) is 0. The number of fused-ring (bicyclic) bond motifs is 3. The van der Waals surface area contributed by atoms with E-state index >= 15 is 0 Å². The largest absolute Gasteiger partial charge is 0.306 e. The van der Waals surface area contributed by atoms with Gasteiger partial charge in [-0.2, -0.15) is 0 Å². The van der Waals surface area contributed by atoms with Gasteiger partial charge < -0.3 is 4.40 Å². The minimum Gasteiger partial charge on any atom is -0.306 e. The average Bonchev–Trinajstić information content (AvgIpc) is 2.94. The lowest BCUT2D eigenvalue weighted by Gasteiger charge is -1.99. The normalized spacial score (nSPS) is 11.3. The monoisotopic (exact) mass is 312 g/mol. The van der Waals surface area contributed by atoms with Gasteiger partial charge in [-0.25, -0.2) is 4.98 Å². The first-order chi connectivity index (χ1) is 10.2. The zero-order valence-electron chi connectivity index (χ0n) is 10.9. The number of hydrogen-bond donors (Lipinski definition) is 0. The molecule has 0 bridgehead atoms. The lowest BCUT2D eigenvalue weighted by molar-refractivity contribution is 1.20. The molecular weight excluding hydrogens is 303 g/mol. The van der Waals surface area contributed by atoms with Crippen LogP contribution in [0.5, 0.6) is 0 Å². The molecule has 0 saturated carbocycles. The fourth-order valence-electron chi connectivity index (χ4n) is 2.51. The summed E-state index contributed by atoms with van der Waals surface area (Å²) in [7, 11) is 0. The molecule has 0 N–H and O–H groups in total. The number of hydrogen-bond acceptors (Lipinski definition) is 1. The van der Waals surface area contributed by atoms with E-state index in [0.717, 1.165) is 22.3 Å². The van der Waals surface area contributed by atoms with Crippen molar-refractivity contribution in [2.24, 2.45) is 0 Å². The topological polar surface area (TPSA) is 17.3 Å². The van der Waals surface area contributed by atoms with Crippen molar-refractivity contribution in [3.05, 3.63) is 71.0 Å². The number of pyridine rings is 1. The highest BCUT2D eigenvalue weighted by molar-refractivity contribution is 6.42. The van der Waals surface area contributed by atoms with Crippen LogP contribution in [0.3, 0.4) is 0 Å². The van der Waals surface area contributed by atoms with Crippen molar-refractivity contribution < 1.29 is 0 Å². The van der Waals surface area contributed by atoms with E-state index in [-0.39, 0.29) is 0 Å². The molecule has 0 aliphatic carbocycles. The minimum absolute atomic E-state index is 0.538. The Balaban J connectivity index is 1.98. The second kappa shape index (κ2) is 4.76. The highest BCUT2D eigenvalue weighted by atomic mass is 35.5. The number of aromatic nitrogens is 2. The van der Waals surface area contributed by atoms with Crippen LogP contribution in [0.15, 0.2) is 60.9 Å². The van der Waals surface area contributed by atoms with Gasteiger partial charge in [0.25, 0.3) is 0 Å². The second-order valence-electron chi connectivity index (χ2n) is 4.89. The Morgan fingerprint density at radius 1 is 0.905 bits per heavy atom. The average molecular weight is 313 g/mol. The molecule has 0 aliphatic heterocycles. The van der Waals surface area contributed by atoms with Gasteiger partial charge in [-0.15, -0.1) is 0 Å². The van der Waals surface area contributed by atoms with Gasteiger partial charge in [-0.1, -0.05) is 53.5 Å². The van der Waals surface area contributed by atoms with E-state index < -0.39 is 0 Å². The zero-order chi connectivity index (χ0) is 14.4. The molecular formula is C17H10Cl2N2. The van der Waals surface area contributed by atoms with Crippen LogP contribution in [-0.4, -0.2) is 9.38 Å². The molecule has 4 rings (SSSR count). The molecule has 0 saturated heterocycles. The number of nitrogens with zero attached hydrogens (tertiary/aromatic N) is 2. The van der Waals surface area contributed by atoms with Crippen molar-refractivity contribution in [1.29, 1.82) is 0 Å². The van der Waals surface area contributed by atoms with E-state index in [4.69, 9.17) is 28.2 Å². The molecule has 102 valence electrons. The van der Waals surface area contributed by atoms with E-state index in [1.807, 2.05) is 41.1 Å². The van der Waals surface area contributed by atoms with Gasteiger partial charge in [0.15, 0.2) is 0 Å². The molecule has 2 nitrogen and oxygen atoms in total. The molecule has 4 heteroatoms. The van der Waals surface area contributed by atoms with Crippen molar-refractivity contribution in [2.75, 3.05) is 0 Å². The van der Waals surface area contributed by atoms with Crippen molar-refractivity contribution >= 4 is 39.6 Å². The van der Waals surface area contributed by atoms with Crippen LogP contribution >= 0.6 is 23.2 Å². The Morgan fingerprint density at radius 3 is 2.62 bits per heavy atom. The first kappa shape index (κ1) is 12.7. The number of imidazole rings is 1. The molecule has 21 heavy (non-hydrogen) atoms. The third-order valence-corrected chi connectivity index (χ3v) is 4.30. The van der Waals surface area contributed by atoms with Gasteiger partial charge in [-0.05, 0) is 23.6 Å². The van der Waals surface area contributed by atoms with E-state index in [9.17, 15) is 0 Å². The molecule has 0 amide bonds. The number of rotatable bonds is 1. The maximum Gasteiger partial charge on any atom is 0.145 e. The fourth-order valence-corrected chi connectivity index (χ4v) is 2.81. The molecule has 0 atom stereocenters. The van der Waals surface area contributed by atoms with Crippen molar-refractivity contribution in [3.63, 3.8) is 0 Å². The minimum atomic E-state index is 0.538. The van der Waals surface area contributed by atoms with Gasteiger partial charge in [0.2, 0.25) is 0 Å². The quantitative estimate of drug-likeness (QED) is 0.456. The van der Waals surface area contributed by atoms with Crippen molar-refractivity contribution in [1.82, 2.24) is 9.38 Å². The van der Waals surface area contributed by atoms with Crippen LogP contribution in [0.25, 0.3) is 27.7 Å². The SMILES string of the molecule is Clc1ccc(-c2cn3ccc4ccccc4c3n2)cc1Cl. The van der Waals surface area contributed by atoms with E-state index in [1.54, 1.807) is 6.07 Å². The number of benzene rings is 2. The molecule has 2 aromatic heterocycles. The molecule has 0 spiro atoms. The first-order valence-electron chi connectivity index (χ1n) is 6.54. The van der Waals surface area contributed by atoms with E-state index in [2.05, 4.69) is 18.2 Å². The molecule has 0 unspecified atom stereocenters. The summed E-state index contributed by atoms with van der Waals surface area (Å²) in [5.74, 6) is 0. The predicted octanol–water partition coefficient (Wildman–Crippen LogP) is 5.46. The van der Waals surface area contributed by atoms with Gasteiger partial charge in [0, 0.05) is 23.3 Å². The summed E-state index contributed by atoms with van der Waals surface area (Å²) >= 11 is 12.1. The molecule has 2 heterocycles. The summed E-state index contributed by atoms with van der Waals surface area (Å²) in [6, 6.07) is 15.9. The lowest BCUT2D eigenvalue weighted by Crippen LogP contribution is -1.83. The van der Waals surface area contributed by atoms with Crippen LogP contribution in [0.2, 0.25) is 10.0 Å². The highest BCUT2D eigenvalue weighted by Gasteiger charge is 2.08. The molecule has 0 radical (unpaired) electrons. The lowest BCUT2D eigenvalue weighted by atomic mass is 10.2. The molecule has 4 aromatic rings. The van der Waals surface area contributed by atoms with E-state index in [1.165, 1.54) is 5.39 Å². The summed E-state index contributed by atoms with van der Waals surface area (Å²) in [6.07, 6.45) is 4.02. The Hall–Kier alpha value is -2.03. The smallest absolute Gasteiger partial charge is 0.145 e. The van der Waals surface area contributed by atoms with Crippen LogP contribution in [0.4, 0.5) is 0 Å². The summed E-state index contributed by atoms with van der Waals surface area (Å²) in [5.41, 5.74) is 2.77. The third kappa shape index (κ3) is 2.08. The maximum atomic E-state index is 6.09. The Bertz CT molecular complexity index is 973. The Morgan fingerprint density at radius 2 is 1.76 bits per heavy atom. The number of halogens is 2.